The van der Waals surface area contributed by atoms with Crippen LogP contribution in [0.5, 0.6) is 5.88 Å². The zero-order valence-corrected chi connectivity index (χ0v) is 26.8. The van der Waals surface area contributed by atoms with Gasteiger partial charge in [-0.3, -0.25) is 9.80 Å². The molecule has 0 N–H and O–H groups in total. The summed E-state index contributed by atoms with van der Waals surface area (Å²) in [5.74, 6) is 0.849. The molecule has 0 radical (unpaired) electrons. The minimum absolute atomic E-state index is 0.150. The van der Waals surface area contributed by atoms with Crippen molar-refractivity contribution in [3.05, 3.63) is 28.3 Å². The lowest BCUT2D eigenvalue weighted by molar-refractivity contribution is 0.100. The molecule has 0 spiro atoms. The Morgan fingerprint density at radius 3 is 2.52 bits per heavy atom. The molecule has 3 aromatic heterocycles. The van der Waals surface area contributed by atoms with Crippen LogP contribution in [0.3, 0.4) is 0 Å². The Kier molecular flexibility index (Phi) is 8.70. The zero-order chi connectivity index (χ0) is 29.4. The van der Waals surface area contributed by atoms with Crippen LogP contribution in [-0.4, -0.2) is 105 Å². The van der Waals surface area contributed by atoms with Crippen LogP contribution in [0.2, 0.25) is 0 Å². The fourth-order valence-corrected chi connectivity index (χ4v) is 8.62. The molecule has 228 valence electrons. The summed E-state index contributed by atoms with van der Waals surface area (Å²) in [7, 11) is -1.78. The van der Waals surface area contributed by atoms with Crippen molar-refractivity contribution in [1.82, 2.24) is 24.8 Å². The van der Waals surface area contributed by atoms with E-state index in [0.717, 1.165) is 54.2 Å². The summed E-state index contributed by atoms with van der Waals surface area (Å²) in [5.41, 5.74) is 4.33. The first-order chi connectivity index (χ1) is 20.2. The first-order valence-electron chi connectivity index (χ1n) is 15.0. The fraction of sp³-hybridized carbons (Fsp3) is 0.633. The van der Waals surface area contributed by atoms with E-state index in [1.54, 1.807) is 17.5 Å². The lowest BCUT2D eigenvalue weighted by Gasteiger charge is -2.38. The molecule has 0 bridgehead atoms. The third-order valence-corrected chi connectivity index (χ3v) is 10.9. The molecule has 12 heteroatoms. The zero-order valence-electron chi connectivity index (χ0n) is 25.1. The largest absolute Gasteiger partial charge is 0.481 e. The van der Waals surface area contributed by atoms with Gasteiger partial charge in [0, 0.05) is 65.7 Å². The van der Waals surface area contributed by atoms with E-state index in [4.69, 9.17) is 19.4 Å². The molecular weight excluding hydrogens is 573 g/mol. The number of rotatable bonds is 8. The van der Waals surface area contributed by atoms with E-state index in [1.807, 2.05) is 6.07 Å². The number of fused-ring (bicyclic) bond motifs is 1. The molecule has 0 amide bonds. The SMILES string of the molecule is COc1ncc(-c2nc(N3CCOCC3)nc3c(CN4CCC(N5CCC[C@H]5C)CC4)c(C)sc23)cc1CS(C)(=O)=O. The molecule has 0 aliphatic carbocycles. The van der Waals surface area contributed by atoms with Crippen molar-refractivity contribution >= 4 is 37.3 Å². The van der Waals surface area contributed by atoms with Crippen LogP contribution in [0.15, 0.2) is 12.3 Å². The van der Waals surface area contributed by atoms with Crippen molar-refractivity contribution in [2.75, 3.05) is 64.2 Å². The third kappa shape index (κ3) is 6.28. The quantitative estimate of drug-likeness (QED) is 0.371. The molecule has 6 heterocycles. The average Bonchev–Trinajstić information content (AvgIpc) is 3.54. The summed E-state index contributed by atoms with van der Waals surface area (Å²) in [6.45, 7) is 11.6. The predicted molar refractivity (Wildman–Crippen MR) is 167 cm³/mol. The highest BCUT2D eigenvalue weighted by atomic mass is 32.2. The number of ether oxygens (including phenoxy) is 2. The number of methoxy groups -OCH3 is 1. The molecule has 3 aliphatic rings. The predicted octanol–water partition coefficient (Wildman–Crippen LogP) is 3.90. The van der Waals surface area contributed by atoms with Crippen LogP contribution < -0.4 is 9.64 Å². The Bertz CT molecular complexity index is 1530. The second-order valence-electron chi connectivity index (χ2n) is 12.0. The number of thiophene rings is 1. The lowest BCUT2D eigenvalue weighted by atomic mass is 10.0. The number of sulfone groups is 1. The van der Waals surface area contributed by atoms with Gasteiger partial charge in [0.15, 0.2) is 9.84 Å². The van der Waals surface area contributed by atoms with Gasteiger partial charge in [0.1, 0.15) is 0 Å². The van der Waals surface area contributed by atoms with Gasteiger partial charge in [0.25, 0.3) is 0 Å². The molecule has 3 fully saturated rings. The first-order valence-corrected chi connectivity index (χ1v) is 17.9. The summed E-state index contributed by atoms with van der Waals surface area (Å²) in [4.78, 5) is 23.5. The van der Waals surface area contributed by atoms with Gasteiger partial charge in [0.2, 0.25) is 11.8 Å². The highest BCUT2D eigenvalue weighted by molar-refractivity contribution is 7.89. The van der Waals surface area contributed by atoms with Gasteiger partial charge >= 0.3 is 0 Å². The van der Waals surface area contributed by atoms with Crippen molar-refractivity contribution in [2.24, 2.45) is 0 Å². The minimum Gasteiger partial charge on any atom is -0.481 e. The molecule has 0 saturated carbocycles. The average molecular weight is 615 g/mol. The van der Waals surface area contributed by atoms with E-state index in [2.05, 4.69) is 33.5 Å². The standard InChI is InChI=1S/C30H42N6O4S2/c1-20-6-5-9-36(20)24-7-10-34(11-8-24)18-25-21(2)41-28-26(32-30(33-27(25)28)35-12-14-40-15-13-35)22-16-23(19-42(4,37)38)29(39-3)31-17-22/h16-17,20,24H,5-15,18-19H2,1-4H3/t20-/m1/s1. The molecule has 42 heavy (non-hydrogen) atoms. The molecule has 0 aromatic carbocycles. The van der Waals surface area contributed by atoms with E-state index in [9.17, 15) is 8.42 Å². The number of aromatic nitrogens is 3. The Labute approximate surface area is 253 Å². The number of pyridine rings is 1. The van der Waals surface area contributed by atoms with Gasteiger partial charge in [-0.15, -0.1) is 11.3 Å². The third-order valence-electron chi connectivity index (χ3n) is 8.94. The van der Waals surface area contributed by atoms with Gasteiger partial charge in [-0.1, -0.05) is 0 Å². The minimum atomic E-state index is -3.29. The monoisotopic (exact) mass is 614 g/mol. The molecule has 3 aliphatic heterocycles. The maximum absolute atomic E-state index is 12.2. The van der Waals surface area contributed by atoms with Crippen molar-refractivity contribution in [3.8, 4) is 17.1 Å². The van der Waals surface area contributed by atoms with E-state index in [0.29, 0.717) is 42.7 Å². The molecule has 10 nitrogen and oxygen atoms in total. The normalized spacial score (nSPS) is 21.4. The number of hydrogen-bond acceptors (Lipinski definition) is 11. The highest BCUT2D eigenvalue weighted by Crippen LogP contribution is 2.39. The summed E-state index contributed by atoms with van der Waals surface area (Å²) in [6.07, 6.45) is 8.04. The number of piperidine rings is 1. The van der Waals surface area contributed by atoms with Crippen LogP contribution in [0, 0.1) is 6.92 Å². The van der Waals surface area contributed by atoms with Crippen molar-refractivity contribution in [2.45, 2.75) is 63.9 Å². The van der Waals surface area contributed by atoms with Gasteiger partial charge in [-0.25, -0.2) is 23.4 Å². The maximum atomic E-state index is 12.2. The summed E-state index contributed by atoms with van der Waals surface area (Å²) < 4.78 is 36.4. The number of morpholine rings is 1. The van der Waals surface area contributed by atoms with Crippen LogP contribution in [-0.2, 0) is 26.9 Å². The Morgan fingerprint density at radius 2 is 1.86 bits per heavy atom. The Hall–Kier alpha value is -2.38. The van der Waals surface area contributed by atoms with E-state index in [-0.39, 0.29) is 5.75 Å². The second kappa shape index (κ2) is 12.3. The molecule has 3 aromatic rings. The topological polar surface area (TPSA) is 101 Å². The Morgan fingerprint density at radius 1 is 1.10 bits per heavy atom. The van der Waals surface area contributed by atoms with Crippen LogP contribution in [0.4, 0.5) is 5.95 Å². The Balaban J connectivity index is 1.36. The molecule has 1 atom stereocenters. The number of hydrogen-bond donors (Lipinski definition) is 0. The van der Waals surface area contributed by atoms with Gasteiger partial charge in [-0.05, 0) is 65.2 Å². The molecule has 6 rings (SSSR count). The number of anilines is 1. The second-order valence-corrected chi connectivity index (χ2v) is 15.3. The summed E-state index contributed by atoms with van der Waals surface area (Å²) >= 11 is 1.71. The molecule has 3 saturated heterocycles. The smallest absolute Gasteiger partial charge is 0.226 e. The van der Waals surface area contributed by atoms with Gasteiger partial charge in [-0.2, -0.15) is 0 Å². The number of likely N-dealkylation sites (tertiary alicyclic amines) is 2. The molecule has 0 unspecified atom stereocenters. The van der Waals surface area contributed by atoms with E-state index >= 15 is 0 Å². The molecular formula is C30H42N6O4S2. The van der Waals surface area contributed by atoms with Crippen molar-refractivity contribution in [1.29, 1.82) is 0 Å². The van der Waals surface area contributed by atoms with Crippen LogP contribution in [0.25, 0.3) is 21.5 Å². The first kappa shape index (κ1) is 29.7. The lowest BCUT2D eigenvalue weighted by Crippen LogP contribution is -2.45. The summed E-state index contributed by atoms with van der Waals surface area (Å²) in [5, 5.41) is 0. The van der Waals surface area contributed by atoms with E-state index < -0.39 is 9.84 Å². The van der Waals surface area contributed by atoms with Crippen molar-refractivity contribution in [3.63, 3.8) is 0 Å². The van der Waals surface area contributed by atoms with Crippen LogP contribution >= 0.6 is 11.3 Å². The highest BCUT2D eigenvalue weighted by Gasteiger charge is 2.31. The number of aryl methyl sites for hydroxylation is 1. The fourth-order valence-electron chi connectivity index (χ4n) is 6.74. The van der Waals surface area contributed by atoms with Crippen molar-refractivity contribution < 1.29 is 17.9 Å². The van der Waals surface area contributed by atoms with Gasteiger partial charge < -0.3 is 14.4 Å². The summed E-state index contributed by atoms with van der Waals surface area (Å²) in [6, 6.07) is 3.27. The maximum Gasteiger partial charge on any atom is 0.226 e. The van der Waals surface area contributed by atoms with Gasteiger partial charge in [0.05, 0.1) is 42.0 Å². The number of nitrogens with zero attached hydrogens (tertiary/aromatic N) is 6. The van der Waals surface area contributed by atoms with E-state index in [1.165, 1.54) is 56.0 Å². The van der Waals surface area contributed by atoms with Crippen LogP contribution in [0.1, 0.15) is 48.6 Å².